The summed E-state index contributed by atoms with van der Waals surface area (Å²) in [6.07, 6.45) is 3.91. The lowest BCUT2D eigenvalue weighted by Crippen LogP contribution is -2.45. The predicted molar refractivity (Wildman–Crippen MR) is 114 cm³/mol. The van der Waals surface area contributed by atoms with Crippen LogP contribution in [0.25, 0.3) is 5.65 Å². The number of nitrogens with zero attached hydrogens (tertiary/aromatic N) is 4. The van der Waals surface area contributed by atoms with Crippen molar-refractivity contribution in [3.8, 4) is 11.5 Å². The lowest BCUT2D eigenvalue weighted by molar-refractivity contribution is -0.121. The zero-order valence-electron chi connectivity index (χ0n) is 17.5. The largest absolute Gasteiger partial charge is 0.493 e. The Morgan fingerprint density at radius 3 is 2.60 bits per heavy atom. The summed E-state index contributed by atoms with van der Waals surface area (Å²) < 4.78 is 12.6. The Morgan fingerprint density at radius 2 is 1.87 bits per heavy atom. The molecule has 158 valence electrons. The molecular weight excluding hydrogens is 382 g/mol. The number of methoxy groups -OCH3 is 2. The van der Waals surface area contributed by atoms with Gasteiger partial charge in [0.1, 0.15) is 5.82 Å². The molecule has 1 amide bonds. The smallest absolute Gasteiger partial charge is 0.241 e. The number of anilines is 1. The van der Waals surface area contributed by atoms with Crippen LogP contribution in [0.15, 0.2) is 42.6 Å². The van der Waals surface area contributed by atoms with E-state index in [1.807, 2.05) is 37.4 Å². The molecule has 0 radical (unpaired) electrons. The van der Waals surface area contributed by atoms with Crippen molar-refractivity contribution >= 4 is 17.2 Å². The van der Waals surface area contributed by atoms with Crippen LogP contribution >= 0.6 is 0 Å². The van der Waals surface area contributed by atoms with Crippen molar-refractivity contribution in [1.29, 1.82) is 0 Å². The molecule has 0 bridgehead atoms. The summed E-state index contributed by atoms with van der Waals surface area (Å²) >= 11 is 0. The van der Waals surface area contributed by atoms with Gasteiger partial charge in [-0.25, -0.2) is 0 Å². The van der Waals surface area contributed by atoms with Crippen molar-refractivity contribution in [2.75, 3.05) is 32.6 Å². The number of pyridine rings is 1. The minimum atomic E-state index is -0.228. The van der Waals surface area contributed by atoms with E-state index in [0.29, 0.717) is 23.1 Å². The summed E-state index contributed by atoms with van der Waals surface area (Å²) in [7, 11) is 3.17. The molecule has 1 N–H and O–H groups in total. The minimum absolute atomic E-state index is 0.0337. The number of amides is 1. The first-order chi connectivity index (χ1) is 14.6. The molecule has 1 aromatic carbocycles. The van der Waals surface area contributed by atoms with Gasteiger partial charge in [0, 0.05) is 23.9 Å². The quantitative estimate of drug-likeness (QED) is 0.674. The topological polar surface area (TPSA) is 81.0 Å². The Bertz CT molecular complexity index is 1030. The first-order valence-corrected chi connectivity index (χ1v) is 10.2. The van der Waals surface area contributed by atoms with E-state index in [-0.39, 0.29) is 11.9 Å². The number of aromatic nitrogens is 3. The van der Waals surface area contributed by atoms with Crippen molar-refractivity contribution < 1.29 is 14.3 Å². The van der Waals surface area contributed by atoms with Gasteiger partial charge in [-0.05, 0) is 57.1 Å². The van der Waals surface area contributed by atoms with Crippen LogP contribution in [0.5, 0.6) is 11.5 Å². The monoisotopic (exact) mass is 409 g/mol. The second-order valence-corrected chi connectivity index (χ2v) is 7.53. The summed E-state index contributed by atoms with van der Waals surface area (Å²) in [6.45, 7) is 3.63. The normalized spacial score (nSPS) is 16.4. The number of benzene rings is 1. The van der Waals surface area contributed by atoms with Crippen LogP contribution < -0.4 is 14.8 Å². The number of rotatable bonds is 6. The average Bonchev–Trinajstić information content (AvgIpc) is 3.22. The molecule has 4 rings (SSSR count). The van der Waals surface area contributed by atoms with Gasteiger partial charge in [0.2, 0.25) is 5.91 Å². The van der Waals surface area contributed by atoms with E-state index in [1.54, 1.807) is 26.4 Å². The fourth-order valence-electron chi connectivity index (χ4n) is 4.01. The fourth-order valence-corrected chi connectivity index (χ4v) is 4.01. The molecular formula is C22H27N5O3. The molecule has 1 atom stereocenters. The number of nitrogens with one attached hydrogen (secondary N) is 1. The highest BCUT2D eigenvalue weighted by Gasteiger charge is 2.29. The molecule has 1 saturated heterocycles. The Labute approximate surface area is 175 Å². The number of piperidine rings is 1. The fraction of sp³-hybridized carbons (Fsp3) is 0.409. The van der Waals surface area contributed by atoms with E-state index < -0.39 is 0 Å². The van der Waals surface area contributed by atoms with Gasteiger partial charge in [-0.1, -0.05) is 6.07 Å². The molecule has 1 fully saturated rings. The number of likely N-dealkylation sites (tertiary alicyclic amines) is 1. The lowest BCUT2D eigenvalue weighted by Gasteiger charge is -2.34. The Balaban J connectivity index is 1.37. The molecule has 0 spiro atoms. The second kappa shape index (κ2) is 8.71. The van der Waals surface area contributed by atoms with Gasteiger partial charge in [-0.3, -0.25) is 14.1 Å². The number of hydrogen-bond donors (Lipinski definition) is 1. The highest BCUT2D eigenvalue weighted by atomic mass is 16.5. The molecule has 30 heavy (non-hydrogen) atoms. The molecule has 3 heterocycles. The molecule has 0 saturated carbocycles. The molecule has 1 aliphatic heterocycles. The number of carbonyl (C=O) groups excluding carboxylic acids is 1. The standard InChI is InChI=1S/C22H27N5O3/c1-15(22(28)23-17-7-8-18(29-2)19(14-17)30-3)26-12-9-16(10-13-26)21-25-24-20-6-4-5-11-27(20)21/h4-8,11,14-16H,9-10,12-13H2,1-3H3,(H,23,28). The van der Waals surface area contributed by atoms with E-state index in [4.69, 9.17) is 9.47 Å². The molecule has 1 aliphatic rings. The van der Waals surface area contributed by atoms with Gasteiger partial charge in [0.25, 0.3) is 0 Å². The van der Waals surface area contributed by atoms with E-state index in [1.165, 1.54) is 0 Å². The first-order valence-electron chi connectivity index (χ1n) is 10.2. The van der Waals surface area contributed by atoms with Crippen LogP contribution in [0.3, 0.4) is 0 Å². The highest BCUT2D eigenvalue weighted by Crippen LogP contribution is 2.31. The van der Waals surface area contributed by atoms with Crippen LogP contribution in [0.2, 0.25) is 0 Å². The summed E-state index contributed by atoms with van der Waals surface area (Å²) in [5, 5.41) is 11.7. The van der Waals surface area contributed by atoms with Gasteiger partial charge in [-0.2, -0.15) is 0 Å². The highest BCUT2D eigenvalue weighted by molar-refractivity contribution is 5.94. The molecule has 3 aromatic rings. The van der Waals surface area contributed by atoms with Crippen LogP contribution in [-0.2, 0) is 4.79 Å². The van der Waals surface area contributed by atoms with Crippen LogP contribution in [0.4, 0.5) is 5.69 Å². The van der Waals surface area contributed by atoms with Crippen molar-refractivity contribution in [1.82, 2.24) is 19.5 Å². The molecule has 0 aliphatic carbocycles. The number of carbonyl (C=O) groups is 1. The molecule has 8 nitrogen and oxygen atoms in total. The average molecular weight is 409 g/mol. The summed E-state index contributed by atoms with van der Waals surface area (Å²) in [5.74, 6) is 2.54. The zero-order chi connectivity index (χ0) is 21.1. The SMILES string of the molecule is COc1ccc(NC(=O)C(C)N2CCC(c3nnc4ccccn34)CC2)cc1OC. The number of ether oxygens (including phenoxy) is 2. The van der Waals surface area contributed by atoms with Gasteiger partial charge < -0.3 is 14.8 Å². The Morgan fingerprint density at radius 1 is 1.10 bits per heavy atom. The third-order valence-corrected chi connectivity index (χ3v) is 5.81. The van der Waals surface area contributed by atoms with Gasteiger partial charge in [0.05, 0.1) is 20.3 Å². The van der Waals surface area contributed by atoms with Crippen LogP contribution in [-0.4, -0.2) is 58.8 Å². The predicted octanol–water partition coefficient (Wildman–Crippen LogP) is 2.95. The van der Waals surface area contributed by atoms with E-state index >= 15 is 0 Å². The molecule has 1 unspecified atom stereocenters. The third kappa shape index (κ3) is 3.95. The lowest BCUT2D eigenvalue weighted by atomic mass is 9.95. The zero-order valence-corrected chi connectivity index (χ0v) is 17.5. The van der Waals surface area contributed by atoms with Crippen molar-refractivity contribution in [2.45, 2.75) is 31.7 Å². The third-order valence-electron chi connectivity index (χ3n) is 5.81. The van der Waals surface area contributed by atoms with Crippen molar-refractivity contribution in [2.24, 2.45) is 0 Å². The summed E-state index contributed by atoms with van der Waals surface area (Å²) in [5.41, 5.74) is 1.56. The van der Waals surface area contributed by atoms with E-state index in [9.17, 15) is 4.79 Å². The van der Waals surface area contributed by atoms with E-state index in [2.05, 4.69) is 24.8 Å². The minimum Gasteiger partial charge on any atom is -0.493 e. The van der Waals surface area contributed by atoms with Crippen LogP contribution in [0.1, 0.15) is 31.5 Å². The second-order valence-electron chi connectivity index (χ2n) is 7.53. The summed E-state index contributed by atoms with van der Waals surface area (Å²) in [4.78, 5) is 15.0. The van der Waals surface area contributed by atoms with Crippen molar-refractivity contribution in [3.05, 3.63) is 48.4 Å². The summed E-state index contributed by atoms with van der Waals surface area (Å²) in [6, 6.07) is 11.1. The van der Waals surface area contributed by atoms with E-state index in [0.717, 1.165) is 37.4 Å². The maximum atomic E-state index is 12.8. The number of fused-ring (bicyclic) bond motifs is 1. The molecule has 2 aromatic heterocycles. The first kappa shape index (κ1) is 20.2. The maximum absolute atomic E-state index is 12.8. The van der Waals surface area contributed by atoms with Gasteiger partial charge in [-0.15, -0.1) is 10.2 Å². The molecule has 8 heteroatoms. The Hall–Kier alpha value is -3.13. The maximum Gasteiger partial charge on any atom is 0.241 e. The van der Waals surface area contributed by atoms with Crippen LogP contribution in [0, 0.1) is 0 Å². The van der Waals surface area contributed by atoms with Gasteiger partial charge in [0.15, 0.2) is 17.1 Å². The van der Waals surface area contributed by atoms with Gasteiger partial charge >= 0.3 is 0 Å². The Kier molecular flexibility index (Phi) is 5.85. The van der Waals surface area contributed by atoms with Crippen molar-refractivity contribution in [3.63, 3.8) is 0 Å². The number of hydrogen-bond acceptors (Lipinski definition) is 6.